The van der Waals surface area contributed by atoms with Crippen molar-refractivity contribution in [2.24, 2.45) is 5.92 Å². The number of aryl methyl sites for hydroxylation is 1. The summed E-state index contributed by atoms with van der Waals surface area (Å²) in [4.78, 5) is 21.9. The van der Waals surface area contributed by atoms with Gasteiger partial charge in [-0.1, -0.05) is 19.1 Å². The summed E-state index contributed by atoms with van der Waals surface area (Å²) in [6.45, 7) is 5.17. The van der Waals surface area contributed by atoms with Crippen molar-refractivity contribution in [1.29, 1.82) is 0 Å². The Hall–Kier alpha value is -2.18. The minimum absolute atomic E-state index is 0.173. The van der Waals surface area contributed by atoms with Gasteiger partial charge in [-0.2, -0.15) is 0 Å². The van der Waals surface area contributed by atoms with Gasteiger partial charge in [0.1, 0.15) is 11.5 Å². The predicted molar refractivity (Wildman–Crippen MR) is 97.4 cm³/mol. The first-order valence-corrected chi connectivity index (χ1v) is 8.95. The molecule has 3 N–H and O–H groups in total. The van der Waals surface area contributed by atoms with Crippen LogP contribution in [0.2, 0.25) is 0 Å². The standard InChI is InChI=1S/C19H26N4O2/c1-2-18-20-11-17(22-18)19(25)21-16-5-3-4-15(10-16)12-23-8-6-14(13-24)7-9-23/h3-5,10-11,14,24H,2,6-9,12-13H2,1H3,(H,20,22)(H,21,25). The number of imidazole rings is 1. The molecule has 1 aliphatic rings. The third-order valence-corrected chi connectivity index (χ3v) is 4.76. The Morgan fingerprint density at radius 3 is 2.88 bits per heavy atom. The lowest BCUT2D eigenvalue weighted by Crippen LogP contribution is -2.34. The zero-order valence-electron chi connectivity index (χ0n) is 14.7. The van der Waals surface area contributed by atoms with Crippen molar-refractivity contribution in [2.45, 2.75) is 32.7 Å². The number of aliphatic hydroxyl groups excluding tert-OH is 1. The molecule has 1 aliphatic heterocycles. The number of benzene rings is 1. The molecule has 134 valence electrons. The Kier molecular flexibility index (Phi) is 5.83. The number of aromatic nitrogens is 2. The molecule has 0 bridgehead atoms. The molecule has 2 heterocycles. The lowest BCUT2D eigenvalue weighted by Gasteiger charge is -2.31. The van der Waals surface area contributed by atoms with Gasteiger partial charge in [0.25, 0.3) is 5.91 Å². The molecule has 3 rings (SSSR count). The summed E-state index contributed by atoms with van der Waals surface area (Å²) < 4.78 is 0. The molecule has 0 spiro atoms. The van der Waals surface area contributed by atoms with Gasteiger partial charge in [0.2, 0.25) is 0 Å². The average molecular weight is 342 g/mol. The van der Waals surface area contributed by atoms with Gasteiger partial charge in [0, 0.05) is 25.3 Å². The number of anilines is 1. The van der Waals surface area contributed by atoms with Crippen LogP contribution in [0, 0.1) is 5.92 Å². The average Bonchev–Trinajstić information content (AvgIpc) is 3.12. The summed E-state index contributed by atoms with van der Waals surface area (Å²) in [7, 11) is 0. The number of carbonyl (C=O) groups is 1. The van der Waals surface area contributed by atoms with Crippen molar-refractivity contribution in [3.63, 3.8) is 0 Å². The van der Waals surface area contributed by atoms with E-state index in [9.17, 15) is 9.90 Å². The Bertz CT molecular complexity index is 705. The van der Waals surface area contributed by atoms with Crippen molar-refractivity contribution in [2.75, 3.05) is 25.0 Å². The van der Waals surface area contributed by atoms with E-state index in [1.165, 1.54) is 5.56 Å². The Morgan fingerprint density at radius 2 is 2.20 bits per heavy atom. The van der Waals surface area contributed by atoms with Gasteiger partial charge < -0.3 is 15.4 Å². The van der Waals surface area contributed by atoms with Crippen LogP contribution in [0.4, 0.5) is 5.69 Å². The first kappa shape index (κ1) is 17.6. The highest BCUT2D eigenvalue weighted by Gasteiger charge is 2.18. The molecule has 0 radical (unpaired) electrons. The largest absolute Gasteiger partial charge is 0.396 e. The monoisotopic (exact) mass is 342 g/mol. The highest BCUT2D eigenvalue weighted by molar-refractivity contribution is 6.02. The third-order valence-electron chi connectivity index (χ3n) is 4.76. The van der Waals surface area contributed by atoms with E-state index in [-0.39, 0.29) is 5.91 Å². The van der Waals surface area contributed by atoms with Crippen LogP contribution in [0.15, 0.2) is 30.5 Å². The molecular formula is C19H26N4O2. The number of hydrogen-bond acceptors (Lipinski definition) is 4. The van der Waals surface area contributed by atoms with Crippen LogP contribution < -0.4 is 5.32 Å². The smallest absolute Gasteiger partial charge is 0.273 e. The van der Waals surface area contributed by atoms with Gasteiger partial charge >= 0.3 is 0 Å². The number of H-pyrrole nitrogens is 1. The maximum Gasteiger partial charge on any atom is 0.273 e. The summed E-state index contributed by atoms with van der Waals surface area (Å²) in [5.74, 6) is 1.09. The molecule has 0 unspecified atom stereocenters. The summed E-state index contributed by atoms with van der Waals surface area (Å²) in [6.07, 6.45) is 4.44. The predicted octanol–water partition coefficient (Wildman–Crippen LogP) is 2.43. The van der Waals surface area contributed by atoms with Crippen LogP contribution in [0.1, 0.15) is 41.6 Å². The van der Waals surface area contributed by atoms with E-state index in [2.05, 4.69) is 26.3 Å². The number of aliphatic hydroxyl groups is 1. The van der Waals surface area contributed by atoms with Crippen molar-refractivity contribution in [3.05, 3.63) is 47.5 Å². The summed E-state index contributed by atoms with van der Waals surface area (Å²) >= 11 is 0. The van der Waals surface area contributed by atoms with Crippen molar-refractivity contribution in [3.8, 4) is 0 Å². The van der Waals surface area contributed by atoms with Gasteiger partial charge in [-0.3, -0.25) is 9.69 Å². The first-order chi connectivity index (χ1) is 12.2. The molecule has 2 aromatic rings. The topological polar surface area (TPSA) is 81.2 Å². The normalized spacial score (nSPS) is 16.1. The quantitative estimate of drug-likeness (QED) is 0.753. The van der Waals surface area contributed by atoms with E-state index in [1.54, 1.807) is 6.20 Å². The number of rotatable bonds is 6. The molecule has 0 aliphatic carbocycles. The highest BCUT2D eigenvalue weighted by Crippen LogP contribution is 2.20. The Balaban J connectivity index is 1.58. The fraction of sp³-hybridized carbons (Fsp3) is 0.474. The summed E-state index contributed by atoms with van der Waals surface area (Å²) in [5.41, 5.74) is 2.45. The number of nitrogens with zero attached hydrogens (tertiary/aromatic N) is 2. The van der Waals surface area contributed by atoms with Crippen LogP contribution >= 0.6 is 0 Å². The number of likely N-dealkylation sites (tertiary alicyclic amines) is 1. The molecule has 0 atom stereocenters. The fourth-order valence-electron chi connectivity index (χ4n) is 3.19. The number of amides is 1. The molecular weight excluding hydrogens is 316 g/mol. The minimum Gasteiger partial charge on any atom is -0.396 e. The summed E-state index contributed by atoms with van der Waals surface area (Å²) in [6, 6.07) is 7.97. The zero-order valence-corrected chi connectivity index (χ0v) is 14.7. The van der Waals surface area contributed by atoms with Crippen molar-refractivity contribution in [1.82, 2.24) is 14.9 Å². The lowest BCUT2D eigenvalue weighted by molar-refractivity contribution is 0.102. The molecule has 1 amide bonds. The minimum atomic E-state index is -0.173. The van der Waals surface area contributed by atoms with Gasteiger partial charge in [-0.25, -0.2) is 4.98 Å². The lowest BCUT2D eigenvalue weighted by atomic mass is 9.97. The number of aromatic amines is 1. The summed E-state index contributed by atoms with van der Waals surface area (Å²) in [5, 5.41) is 12.2. The number of carbonyl (C=O) groups excluding carboxylic acids is 1. The highest BCUT2D eigenvalue weighted by atomic mass is 16.3. The second-order valence-corrected chi connectivity index (χ2v) is 6.65. The number of nitrogens with one attached hydrogen (secondary N) is 2. The van der Waals surface area contributed by atoms with E-state index >= 15 is 0 Å². The van der Waals surface area contributed by atoms with Crippen LogP contribution in [0.3, 0.4) is 0 Å². The Morgan fingerprint density at radius 1 is 1.40 bits per heavy atom. The second-order valence-electron chi connectivity index (χ2n) is 6.65. The van der Waals surface area contributed by atoms with Crippen LogP contribution in [-0.2, 0) is 13.0 Å². The van der Waals surface area contributed by atoms with Gasteiger partial charge in [-0.15, -0.1) is 0 Å². The number of hydrogen-bond donors (Lipinski definition) is 3. The molecule has 6 heteroatoms. The van der Waals surface area contributed by atoms with Gasteiger partial charge in [0.15, 0.2) is 0 Å². The molecule has 25 heavy (non-hydrogen) atoms. The second kappa shape index (κ2) is 8.27. The maximum atomic E-state index is 12.3. The number of piperidine rings is 1. The molecule has 1 aromatic heterocycles. The van der Waals surface area contributed by atoms with E-state index < -0.39 is 0 Å². The fourth-order valence-corrected chi connectivity index (χ4v) is 3.19. The molecule has 1 saturated heterocycles. The van der Waals surface area contributed by atoms with E-state index in [0.29, 0.717) is 18.2 Å². The van der Waals surface area contributed by atoms with Gasteiger partial charge in [-0.05, 0) is 49.5 Å². The van der Waals surface area contributed by atoms with Crippen LogP contribution in [0.25, 0.3) is 0 Å². The molecule has 1 aromatic carbocycles. The molecule has 1 fully saturated rings. The Labute approximate surface area is 148 Å². The van der Waals surface area contributed by atoms with E-state index in [1.807, 2.05) is 25.1 Å². The zero-order chi connectivity index (χ0) is 17.6. The van der Waals surface area contributed by atoms with E-state index in [4.69, 9.17) is 0 Å². The van der Waals surface area contributed by atoms with Gasteiger partial charge in [0.05, 0.1) is 6.20 Å². The van der Waals surface area contributed by atoms with Crippen molar-refractivity contribution < 1.29 is 9.90 Å². The maximum absolute atomic E-state index is 12.3. The van der Waals surface area contributed by atoms with Crippen molar-refractivity contribution >= 4 is 11.6 Å². The van der Waals surface area contributed by atoms with Crippen LogP contribution in [-0.4, -0.2) is 45.6 Å². The first-order valence-electron chi connectivity index (χ1n) is 8.95. The third kappa shape index (κ3) is 4.67. The molecule has 0 saturated carbocycles. The van der Waals surface area contributed by atoms with E-state index in [0.717, 1.165) is 50.4 Å². The SMILES string of the molecule is CCc1ncc(C(=O)Nc2cccc(CN3CCC(CO)CC3)c2)[nH]1. The van der Waals surface area contributed by atoms with Crippen LogP contribution in [0.5, 0.6) is 0 Å². The molecule has 6 nitrogen and oxygen atoms in total.